The molecule has 0 bridgehead atoms. The van der Waals surface area contributed by atoms with Gasteiger partial charge in [0, 0.05) is 17.0 Å². The van der Waals surface area contributed by atoms with Crippen LogP contribution in [0.4, 0.5) is 0 Å². The van der Waals surface area contributed by atoms with Crippen molar-refractivity contribution < 1.29 is 4.79 Å². The number of Topliss-reactive ketones (excluding diaryl/α,β-unsaturated/α-hetero) is 1. The summed E-state index contributed by atoms with van der Waals surface area (Å²) in [6.07, 6.45) is 1.95. The molecule has 0 radical (unpaired) electrons. The molecule has 0 aliphatic rings. The minimum absolute atomic E-state index is 0.0486. The Labute approximate surface area is 76.7 Å². The van der Waals surface area contributed by atoms with Crippen LogP contribution in [0.15, 0.2) is 36.9 Å². The molecule has 0 aliphatic carbocycles. The van der Waals surface area contributed by atoms with Gasteiger partial charge in [-0.2, -0.15) is 0 Å². The molecule has 0 aliphatic heterocycles. The third-order valence-electron chi connectivity index (χ3n) is 1.48. The number of rotatable bonds is 3. The number of ketones is 1. The average molecular weight is 181 g/mol. The minimum Gasteiger partial charge on any atom is -0.294 e. The molecule has 0 aromatic heterocycles. The molecule has 2 heteroatoms. The highest BCUT2D eigenvalue weighted by Gasteiger charge is 2.02. The minimum atomic E-state index is 0.0486. The summed E-state index contributed by atoms with van der Waals surface area (Å²) in [5.41, 5.74) is 0.641. The summed E-state index contributed by atoms with van der Waals surface area (Å²) in [7, 11) is 0. The van der Waals surface area contributed by atoms with Gasteiger partial charge in [-0.3, -0.25) is 4.79 Å². The van der Waals surface area contributed by atoms with Crippen molar-refractivity contribution in [2.45, 2.75) is 6.42 Å². The van der Waals surface area contributed by atoms with E-state index in [-0.39, 0.29) is 5.78 Å². The van der Waals surface area contributed by atoms with Crippen LogP contribution in [0.5, 0.6) is 0 Å². The van der Waals surface area contributed by atoms with Gasteiger partial charge in [0.2, 0.25) is 0 Å². The van der Waals surface area contributed by atoms with Crippen LogP contribution in [0.25, 0.3) is 0 Å². The maximum absolute atomic E-state index is 11.3. The standard InChI is InChI=1S/C10H9ClO/c1-2-4-10(12)8-5-3-6-9(11)7-8/h2-3,5-7H,1,4H2. The molecule has 0 amide bonds. The number of allylic oxidation sites excluding steroid dienone is 1. The van der Waals surface area contributed by atoms with E-state index in [1.807, 2.05) is 0 Å². The van der Waals surface area contributed by atoms with E-state index in [0.717, 1.165) is 0 Å². The summed E-state index contributed by atoms with van der Waals surface area (Å²) >= 11 is 5.71. The van der Waals surface area contributed by atoms with Gasteiger partial charge in [-0.15, -0.1) is 6.58 Å². The first-order chi connectivity index (χ1) is 5.74. The Morgan fingerprint density at radius 3 is 2.92 bits per heavy atom. The quantitative estimate of drug-likeness (QED) is 0.516. The summed E-state index contributed by atoms with van der Waals surface area (Å²) in [6.45, 7) is 3.49. The summed E-state index contributed by atoms with van der Waals surface area (Å²) in [6, 6.07) is 6.91. The van der Waals surface area contributed by atoms with Crippen molar-refractivity contribution in [1.29, 1.82) is 0 Å². The molecule has 0 spiro atoms. The maximum Gasteiger partial charge on any atom is 0.166 e. The predicted octanol–water partition coefficient (Wildman–Crippen LogP) is 3.10. The zero-order valence-electron chi connectivity index (χ0n) is 6.59. The third-order valence-corrected chi connectivity index (χ3v) is 1.71. The topological polar surface area (TPSA) is 17.1 Å². The van der Waals surface area contributed by atoms with E-state index in [1.54, 1.807) is 30.3 Å². The highest BCUT2D eigenvalue weighted by atomic mass is 35.5. The first kappa shape index (κ1) is 9.01. The van der Waals surface area contributed by atoms with Crippen molar-refractivity contribution in [1.82, 2.24) is 0 Å². The van der Waals surface area contributed by atoms with Crippen LogP contribution in [0.3, 0.4) is 0 Å². The Kier molecular flexibility index (Phi) is 3.06. The number of carbonyl (C=O) groups is 1. The SMILES string of the molecule is C=CCC(=O)c1cccc(Cl)c1. The van der Waals surface area contributed by atoms with Crippen LogP contribution < -0.4 is 0 Å². The van der Waals surface area contributed by atoms with Gasteiger partial charge in [0.1, 0.15) is 0 Å². The number of hydrogen-bond acceptors (Lipinski definition) is 1. The third kappa shape index (κ3) is 2.21. The fraction of sp³-hybridized carbons (Fsp3) is 0.100. The molecule has 1 rings (SSSR count). The predicted molar refractivity (Wildman–Crippen MR) is 50.6 cm³/mol. The molecule has 62 valence electrons. The Hall–Kier alpha value is -1.08. The van der Waals surface area contributed by atoms with Gasteiger partial charge in [0.25, 0.3) is 0 Å². The van der Waals surface area contributed by atoms with Crippen LogP contribution >= 0.6 is 11.6 Å². The average Bonchev–Trinajstić information content (AvgIpc) is 2.05. The zero-order chi connectivity index (χ0) is 8.97. The number of halogens is 1. The molecule has 1 nitrogen and oxygen atoms in total. The Balaban J connectivity index is 2.87. The van der Waals surface area contributed by atoms with E-state index >= 15 is 0 Å². The van der Waals surface area contributed by atoms with Crippen molar-refractivity contribution in [3.8, 4) is 0 Å². The van der Waals surface area contributed by atoms with Gasteiger partial charge >= 0.3 is 0 Å². The van der Waals surface area contributed by atoms with Gasteiger partial charge in [0.15, 0.2) is 5.78 Å². The van der Waals surface area contributed by atoms with Crippen LogP contribution in [0.1, 0.15) is 16.8 Å². The van der Waals surface area contributed by atoms with Gasteiger partial charge < -0.3 is 0 Å². The molecule has 0 unspecified atom stereocenters. The maximum atomic E-state index is 11.3. The summed E-state index contributed by atoms with van der Waals surface area (Å²) in [4.78, 5) is 11.3. The first-order valence-corrected chi connectivity index (χ1v) is 4.01. The van der Waals surface area contributed by atoms with Crippen molar-refractivity contribution >= 4 is 17.4 Å². The normalized spacial score (nSPS) is 9.42. The lowest BCUT2D eigenvalue weighted by atomic mass is 10.1. The Morgan fingerprint density at radius 2 is 2.33 bits per heavy atom. The molecular formula is C10H9ClO. The molecule has 0 heterocycles. The first-order valence-electron chi connectivity index (χ1n) is 3.63. The second-order valence-corrected chi connectivity index (χ2v) is 2.86. The lowest BCUT2D eigenvalue weighted by Gasteiger charge is -1.96. The van der Waals surface area contributed by atoms with Crippen LogP contribution in [-0.2, 0) is 0 Å². The Bertz CT molecular complexity index is 304. The van der Waals surface area contributed by atoms with Gasteiger partial charge in [-0.25, -0.2) is 0 Å². The Morgan fingerprint density at radius 1 is 1.58 bits per heavy atom. The molecule has 0 saturated heterocycles. The van der Waals surface area contributed by atoms with Gasteiger partial charge in [-0.1, -0.05) is 29.8 Å². The molecule has 1 aromatic carbocycles. The van der Waals surface area contributed by atoms with Crippen molar-refractivity contribution in [2.24, 2.45) is 0 Å². The molecule has 1 aromatic rings. The second kappa shape index (κ2) is 4.07. The molecule has 0 N–H and O–H groups in total. The molecular weight excluding hydrogens is 172 g/mol. The van der Waals surface area contributed by atoms with Crippen LogP contribution in [0.2, 0.25) is 5.02 Å². The summed E-state index contributed by atoms with van der Waals surface area (Å²) in [5, 5.41) is 0.588. The van der Waals surface area contributed by atoms with Gasteiger partial charge in [-0.05, 0) is 12.1 Å². The van der Waals surface area contributed by atoms with Crippen molar-refractivity contribution in [3.63, 3.8) is 0 Å². The monoisotopic (exact) mass is 180 g/mol. The van der Waals surface area contributed by atoms with Crippen LogP contribution in [0, 0.1) is 0 Å². The van der Waals surface area contributed by atoms with E-state index < -0.39 is 0 Å². The molecule has 12 heavy (non-hydrogen) atoms. The largest absolute Gasteiger partial charge is 0.294 e. The highest BCUT2D eigenvalue weighted by molar-refractivity contribution is 6.31. The highest BCUT2D eigenvalue weighted by Crippen LogP contribution is 2.12. The molecule has 0 fully saturated rings. The van der Waals surface area contributed by atoms with Gasteiger partial charge in [0.05, 0.1) is 0 Å². The zero-order valence-corrected chi connectivity index (χ0v) is 7.34. The summed E-state index contributed by atoms with van der Waals surface area (Å²) in [5.74, 6) is 0.0486. The number of benzene rings is 1. The summed E-state index contributed by atoms with van der Waals surface area (Å²) < 4.78 is 0. The lowest BCUT2D eigenvalue weighted by Crippen LogP contribution is -1.95. The second-order valence-electron chi connectivity index (χ2n) is 2.43. The smallest absolute Gasteiger partial charge is 0.166 e. The van der Waals surface area contributed by atoms with Crippen LogP contribution in [-0.4, -0.2) is 5.78 Å². The van der Waals surface area contributed by atoms with E-state index in [0.29, 0.717) is 17.0 Å². The van der Waals surface area contributed by atoms with E-state index in [4.69, 9.17) is 11.6 Å². The fourth-order valence-corrected chi connectivity index (χ4v) is 1.10. The number of carbonyl (C=O) groups excluding carboxylic acids is 1. The molecule has 0 saturated carbocycles. The van der Waals surface area contributed by atoms with Crippen molar-refractivity contribution in [3.05, 3.63) is 47.5 Å². The van der Waals surface area contributed by atoms with Crippen molar-refractivity contribution in [2.75, 3.05) is 0 Å². The molecule has 0 atom stereocenters. The van der Waals surface area contributed by atoms with E-state index in [1.165, 1.54) is 0 Å². The fourth-order valence-electron chi connectivity index (χ4n) is 0.911. The van der Waals surface area contributed by atoms with E-state index in [9.17, 15) is 4.79 Å². The lowest BCUT2D eigenvalue weighted by molar-refractivity contribution is 0.0996. The number of hydrogen-bond donors (Lipinski definition) is 0. The van der Waals surface area contributed by atoms with E-state index in [2.05, 4.69) is 6.58 Å².